The molecule has 3 aromatic rings. The summed E-state index contributed by atoms with van der Waals surface area (Å²) in [6, 6.07) is 5.39. The number of piperidine rings is 1. The zero-order chi connectivity index (χ0) is 21.8. The number of aryl methyl sites for hydroxylation is 2. The number of likely N-dealkylation sites (tertiary alicyclic amines) is 1. The first-order valence-electron chi connectivity index (χ1n) is 10.6. The number of rotatable bonds is 7. The van der Waals surface area contributed by atoms with Gasteiger partial charge in [0.2, 0.25) is 5.91 Å². The van der Waals surface area contributed by atoms with Crippen molar-refractivity contribution in [2.45, 2.75) is 52.0 Å². The summed E-state index contributed by atoms with van der Waals surface area (Å²) in [5.41, 5.74) is 3.18. The summed E-state index contributed by atoms with van der Waals surface area (Å²) in [4.78, 5) is 26.8. The van der Waals surface area contributed by atoms with E-state index < -0.39 is 0 Å². The van der Waals surface area contributed by atoms with Crippen LogP contribution in [-0.2, 0) is 17.8 Å². The summed E-state index contributed by atoms with van der Waals surface area (Å²) in [5.74, 6) is 1.64. The molecule has 9 nitrogen and oxygen atoms in total. The minimum Gasteiger partial charge on any atom is -0.467 e. The van der Waals surface area contributed by atoms with E-state index in [9.17, 15) is 9.59 Å². The average molecular weight is 425 g/mol. The minimum absolute atomic E-state index is 0.154. The maximum absolute atomic E-state index is 12.6. The van der Waals surface area contributed by atoms with Crippen molar-refractivity contribution in [3.8, 4) is 0 Å². The number of carbonyl (C=O) groups is 2. The number of furan rings is 1. The van der Waals surface area contributed by atoms with E-state index in [1.54, 1.807) is 24.5 Å². The highest BCUT2D eigenvalue weighted by Gasteiger charge is 2.26. The molecule has 1 aliphatic heterocycles. The van der Waals surface area contributed by atoms with Crippen LogP contribution in [0.4, 0.5) is 0 Å². The fraction of sp³-hybridized carbons (Fsp3) is 0.455. The first-order valence-corrected chi connectivity index (χ1v) is 10.6. The fourth-order valence-corrected chi connectivity index (χ4v) is 4.02. The molecule has 1 aliphatic rings. The summed E-state index contributed by atoms with van der Waals surface area (Å²) in [6.07, 6.45) is 4.36. The van der Waals surface area contributed by atoms with Gasteiger partial charge in [0, 0.05) is 36.7 Å². The van der Waals surface area contributed by atoms with Crippen LogP contribution < -0.4 is 5.32 Å². The van der Waals surface area contributed by atoms with Gasteiger partial charge in [0.15, 0.2) is 0 Å². The van der Waals surface area contributed by atoms with E-state index in [0.717, 1.165) is 35.6 Å². The fourth-order valence-electron chi connectivity index (χ4n) is 4.02. The number of nitrogens with one attached hydrogen (secondary N) is 2. The predicted octanol–water partition coefficient (Wildman–Crippen LogP) is 2.88. The summed E-state index contributed by atoms with van der Waals surface area (Å²) in [6.45, 7) is 5.50. The van der Waals surface area contributed by atoms with Crippen molar-refractivity contribution in [2.75, 3.05) is 13.1 Å². The Hall–Kier alpha value is -3.36. The Kier molecular flexibility index (Phi) is 6.20. The van der Waals surface area contributed by atoms with Crippen molar-refractivity contribution >= 4 is 11.8 Å². The van der Waals surface area contributed by atoms with Crippen LogP contribution in [0.2, 0.25) is 0 Å². The molecule has 0 saturated carbocycles. The molecule has 9 heteroatoms. The maximum atomic E-state index is 12.6. The molecule has 31 heavy (non-hydrogen) atoms. The van der Waals surface area contributed by atoms with Gasteiger partial charge in [-0.3, -0.25) is 14.7 Å². The maximum Gasteiger partial charge on any atom is 0.272 e. The van der Waals surface area contributed by atoms with E-state index in [1.807, 2.05) is 18.7 Å². The third-order valence-corrected chi connectivity index (χ3v) is 5.89. The van der Waals surface area contributed by atoms with Crippen LogP contribution >= 0.6 is 0 Å². The second kappa shape index (κ2) is 9.20. The molecule has 0 radical (unpaired) electrons. The van der Waals surface area contributed by atoms with Gasteiger partial charge in [-0.2, -0.15) is 5.10 Å². The van der Waals surface area contributed by atoms with Gasteiger partial charge in [-0.05, 0) is 51.3 Å². The van der Waals surface area contributed by atoms with Crippen LogP contribution in [0.3, 0.4) is 0 Å². The van der Waals surface area contributed by atoms with Crippen molar-refractivity contribution < 1.29 is 18.5 Å². The second-order valence-corrected chi connectivity index (χ2v) is 7.93. The van der Waals surface area contributed by atoms with Crippen LogP contribution in [0.25, 0.3) is 0 Å². The Balaban J connectivity index is 1.25. The van der Waals surface area contributed by atoms with E-state index in [4.69, 9.17) is 8.94 Å². The van der Waals surface area contributed by atoms with Crippen molar-refractivity contribution in [3.63, 3.8) is 0 Å². The molecule has 1 fully saturated rings. The zero-order valence-corrected chi connectivity index (χ0v) is 17.8. The second-order valence-electron chi connectivity index (χ2n) is 7.93. The van der Waals surface area contributed by atoms with Gasteiger partial charge in [-0.15, -0.1) is 0 Å². The number of H-pyrrole nitrogens is 1. The number of hydrogen-bond acceptors (Lipinski definition) is 6. The van der Waals surface area contributed by atoms with E-state index >= 15 is 0 Å². The molecule has 0 spiro atoms. The van der Waals surface area contributed by atoms with Crippen molar-refractivity contribution in [1.82, 2.24) is 25.6 Å². The Bertz CT molecular complexity index is 1010. The number of amides is 2. The van der Waals surface area contributed by atoms with Gasteiger partial charge in [0.05, 0.1) is 18.5 Å². The molecule has 0 unspecified atom stereocenters. The Morgan fingerprint density at radius 1 is 1.29 bits per heavy atom. The van der Waals surface area contributed by atoms with E-state index in [0.29, 0.717) is 43.9 Å². The van der Waals surface area contributed by atoms with Crippen LogP contribution in [0, 0.1) is 13.8 Å². The molecule has 0 atom stereocenters. The molecule has 3 aromatic heterocycles. The topological polar surface area (TPSA) is 117 Å². The number of hydrogen-bond donors (Lipinski definition) is 2. The van der Waals surface area contributed by atoms with Crippen molar-refractivity contribution in [3.05, 3.63) is 58.6 Å². The highest BCUT2D eigenvalue weighted by atomic mass is 16.5. The van der Waals surface area contributed by atoms with Gasteiger partial charge in [-0.1, -0.05) is 5.16 Å². The molecular formula is C22H27N5O4. The van der Waals surface area contributed by atoms with Crippen LogP contribution in [-0.4, -0.2) is 45.2 Å². The lowest BCUT2D eigenvalue weighted by Gasteiger charge is -2.31. The SMILES string of the molecule is Cc1noc(C)c1CCC(=O)N1CCC(c2cc(C(=O)NCc3ccco3)n[nH]2)CC1. The lowest BCUT2D eigenvalue weighted by molar-refractivity contribution is -0.132. The lowest BCUT2D eigenvalue weighted by Crippen LogP contribution is -2.38. The van der Waals surface area contributed by atoms with Crippen LogP contribution in [0.5, 0.6) is 0 Å². The van der Waals surface area contributed by atoms with Crippen molar-refractivity contribution in [1.29, 1.82) is 0 Å². The van der Waals surface area contributed by atoms with Crippen LogP contribution in [0.15, 0.2) is 33.4 Å². The molecule has 0 bridgehead atoms. The highest BCUT2D eigenvalue weighted by Crippen LogP contribution is 2.27. The number of aromatic amines is 1. The summed E-state index contributed by atoms with van der Waals surface area (Å²) in [7, 11) is 0. The largest absolute Gasteiger partial charge is 0.467 e. The Morgan fingerprint density at radius 3 is 2.77 bits per heavy atom. The number of carbonyl (C=O) groups excluding carboxylic acids is 2. The summed E-state index contributed by atoms with van der Waals surface area (Å²) in [5, 5.41) is 13.9. The molecule has 4 heterocycles. The van der Waals surface area contributed by atoms with E-state index in [-0.39, 0.29) is 17.7 Å². The third-order valence-electron chi connectivity index (χ3n) is 5.89. The summed E-state index contributed by atoms with van der Waals surface area (Å²) < 4.78 is 10.4. The molecule has 0 aliphatic carbocycles. The molecule has 0 aromatic carbocycles. The monoisotopic (exact) mass is 425 g/mol. The van der Waals surface area contributed by atoms with Crippen LogP contribution in [0.1, 0.15) is 64.1 Å². The van der Waals surface area contributed by atoms with E-state index in [1.165, 1.54) is 0 Å². The molecular weight excluding hydrogens is 398 g/mol. The standard InChI is InChI=1S/C22H27N5O4/c1-14-18(15(2)31-26-14)5-6-21(28)27-9-7-16(8-10-27)19-12-20(25-24-19)22(29)23-13-17-4-3-11-30-17/h3-4,11-12,16H,5-10,13H2,1-2H3,(H,23,29)(H,24,25). The molecule has 2 N–H and O–H groups in total. The molecule has 4 rings (SSSR count). The minimum atomic E-state index is -0.245. The Labute approximate surface area is 180 Å². The van der Waals surface area contributed by atoms with E-state index in [2.05, 4.69) is 20.7 Å². The summed E-state index contributed by atoms with van der Waals surface area (Å²) >= 11 is 0. The third kappa shape index (κ3) is 4.87. The zero-order valence-electron chi connectivity index (χ0n) is 17.8. The normalized spacial score (nSPS) is 14.7. The predicted molar refractivity (Wildman–Crippen MR) is 111 cm³/mol. The Morgan fingerprint density at radius 2 is 2.10 bits per heavy atom. The quantitative estimate of drug-likeness (QED) is 0.601. The first-order chi connectivity index (χ1) is 15.0. The first kappa shape index (κ1) is 20.9. The van der Waals surface area contributed by atoms with Gasteiger partial charge in [-0.25, -0.2) is 0 Å². The highest BCUT2D eigenvalue weighted by molar-refractivity contribution is 5.92. The number of nitrogens with zero attached hydrogens (tertiary/aromatic N) is 3. The molecule has 1 saturated heterocycles. The van der Waals surface area contributed by atoms with Gasteiger partial charge >= 0.3 is 0 Å². The van der Waals surface area contributed by atoms with Gasteiger partial charge in [0.1, 0.15) is 17.2 Å². The van der Waals surface area contributed by atoms with Gasteiger partial charge in [0.25, 0.3) is 5.91 Å². The number of aromatic nitrogens is 3. The molecule has 2 amide bonds. The van der Waals surface area contributed by atoms with Gasteiger partial charge < -0.3 is 19.2 Å². The average Bonchev–Trinajstić information content (AvgIpc) is 3.53. The van der Waals surface area contributed by atoms with Crippen molar-refractivity contribution in [2.24, 2.45) is 0 Å². The lowest BCUT2D eigenvalue weighted by atomic mass is 9.93. The molecule has 164 valence electrons. The smallest absolute Gasteiger partial charge is 0.272 e.